The number of esters is 1. The number of carbonyl (C=O) groups excluding carboxylic acids is 1. The van der Waals surface area contributed by atoms with Gasteiger partial charge in [0.15, 0.2) is 0 Å². The number of carbonyl (C=O) groups is 1. The van der Waals surface area contributed by atoms with Crippen LogP contribution in [0, 0.1) is 6.92 Å². The summed E-state index contributed by atoms with van der Waals surface area (Å²) >= 11 is 0. The Labute approximate surface area is 112 Å². The third-order valence-corrected chi connectivity index (χ3v) is 3.08. The number of aromatic nitrogens is 3. The summed E-state index contributed by atoms with van der Waals surface area (Å²) in [6, 6.07) is 5.64. The highest BCUT2D eigenvalue weighted by Gasteiger charge is 2.34. The zero-order valence-electron chi connectivity index (χ0n) is 11.5. The Morgan fingerprint density at radius 3 is 2.68 bits per heavy atom. The number of imidazole rings is 1. The number of hydrogen-bond acceptors (Lipinski definition) is 4. The summed E-state index contributed by atoms with van der Waals surface area (Å²) in [5, 5.41) is 0. The number of aromatic amines is 1. The highest BCUT2D eigenvalue weighted by Crippen LogP contribution is 2.26. The maximum Gasteiger partial charge on any atom is 0.318 e. The number of aryl methyl sites for hydroxylation is 1. The van der Waals surface area contributed by atoms with Crippen LogP contribution < -0.4 is 0 Å². The number of nitrogens with zero attached hydrogens (tertiary/aromatic N) is 2. The standard InChI is InChI=1S/C14H17N3O2/c1-9-11(10-7-5-6-8-15-10)17-12(16-9)14(2,3)13(18)19-4/h5-8H,1-4H3,(H,16,17). The van der Waals surface area contributed by atoms with Crippen LogP contribution in [0.2, 0.25) is 0 Å². The molecule has 0 bridgehead atoms. The molecular weight excluding hydrogens is 242 g/mol. The van der Waals surface area contributed by atoms with Crippen LogP contribution >= 0.6 is 0 Å². The average Bonchev–Trinajstić information content (AvgIpc) is 2.81. The van der Waals surface area contributed by atoms with Crippen molar-refractivity contribution >= 4 is 5.97 Å². The first-order chi connectivity index (χ1) is 8.96. The molecule has 0 radical (unpaired) electrons. The molecule has 2 heterocycles. The maximum absolute atomic E-state index is 11.8. The molecule has 19 heavy (non-hydrogen) atoms. The first-order valence-corrected chi connectivity index (χ1v) is 6.03. The van der Waals surface area contributed by atoms with Crippen LogP contribution in [0.5, 0.6) is 0 Å². The molecule has 2 rings (SSSR count). The van der Waals surface area contributed by atoms with Crippen molar-refractivity contribution in [3.05, 3.63) is 35.9 Å². The van der Waals surface area contributed by atoms with E-state index in [1.807, 2.05) is 25.1 Å². The Bertz CT molecular complexity index is 588. The molecule has 2 aromatic rings. The second-order valence-electron chi connectivity index (χ2n) is 4.89. The molecule has 0 saturated carbocycles. The van der Waals surface area contributed by atoms with Gasteiger partial charge in [-0.3, -0.25) is 9.78 Å². The van der Waals surface area contributed by atoms with Crippen LogP contribution in [0.3, 0.4) is 0 Å². The molecular formula is C14H17N3O2. The van der Waals surface area contributed by atoms with Gasteiger partial charge in [-0.25, -0.2) is 4.98 Å². The maximum atomic E-state index is 11.8. The molecule has 100 valence electrons. The molecule has 0 fully saturated rings. The van der Waals surface area contributed by atoms with Gasteiger partial charge in [-0.1, -0.05) is 6.07 Å². The number of ether oxygens (including phenoxy) is 1. The van der Waals surface area contributed by atoms with Crippen molar-refractivity contribution < 1.29 is 9.53 Å². The van der Waals surface area contributed by atoms with E-state index in [1.54, 1.807) is 20.0 Å². The molecule has 1 N–H and O–H groups in total. The van der Waals surface area contributed by atoms with Gasteiger partial charge in [0.2, 0.25) is 0 Å². The molecule has 0 aliphatic carbocycles. The van der Waals surface area contributed by atoms with E-state index in [1.165, 1.54) is 7.11 Å². The lowest BCUT2D eigenvalue weighted by molar-refractivity contribution is -0.146. The minimum atomic E-state index is -0.813. The van der Waals surface area contributed by atoms with Crippen molar-refractivity contribution in [3.63, 3.8) is 0 Å². The highest BCUT2D eigenvalue weighted by atomic mass is 16.5. The molecule has 2 aromatic heterocycles. The van der Waals surface area contributed by atoms with Crippen molar-refractivity contribution in [1.82, 2.24) is 15.0 Å². The third-order valence-electron chi connectivity index (χ3n) is 3.08. The van der Waals surface area contributed by atoms with Crippen LogP contribution in [-0.2, 0) is 14.9 Å². The Morgan fingerprint density at radius 1 is 1.37 bits per heavy atom. The lowest BCUT2D eigenvalue weighted by atomic mass is 9.93. The molecule has 0 atom stereocenters. The summed E-state index contributed by atoms with van der Waals surface area (Å²) in [5.41, 5.74) is 1.61. The molecule has 0 unspecified atom stereocenters. The zero-order chi connectivity index (χ0) is 14.0. The Kier molecular flexibility index (Phi) is 3.38. The summed E-state index contributed by atoms with van der Waals surface area (Å²) in [7, 11) is 1.37. The van der Waals surface area contributed by atoms with Crippen LogP contribution in [-0.4, -0.2) is 28.0 Å². The molecule has 0 spiro atoms. The molecule has 5 heteroatoms. The fourth-order valence-corrected chi connectivity index (χ4v) is 1.86. The Balaban J connectivity index is 2.45. The number of hydrogen-bond donors (Lipinski definition) is 1. The van der Waals surface area contributed by atoms with Crippen LogP contribution in [0.4, 0.5) is 0 Å². The van der Waals surface area contributed by atoms with E-state index < -0.39 is 5.41 Å². The normalized spacial score (nSPS) is 11.4. The van der Waals surface area contributed by atoms with Gasteiger partial charge >= 0.3 is 5.97 Å². The first kappa shape index (κ1) is 13.3. The largest absolute Gasteiger partial charge is 0.468 e. The summed E-state index contributed by atoms with van der Waals surface area (Å²) < 4.78 is 4.81. The van der Waals surface area contributed by atoms with Crippen molar-refractivity contribution in [2.24, 2.45) is 0 Å². The number of H-pyrrole nitrogens is 1. The van der Waals surface area contributed by atoms with E-state index in [2.05, 4.69) is 15.0 Å². The highest BCUT2D eigenvalue weighted by molar-refractivity contribution is 5.81. The van der Waals surface area contributed by atoms with Crippen LogP contribution in [0.25, 0.3) is 11.4 Å². The van der Waals surface area contributed by atoms with Crippen molar-refractivity contribution in [1.29, 1.82) is 0 Å². The van der Waals surface area contributed by atoms with Crippen LogP contribution in [0.1, 0.15) is 25.4 Å². The van der Waals surface area contributed by atoms with E-state index in [-0.39, 0.29) is 5.97 Å². The van der Waals surface area contributed by atoms with E-state index >= 15 is 0 Å². The monoisotopic (exact) mass is 259 g/mol. The minimum Gasteiger partial charge on any atom is -0.468 e. The molecule has 0 amide bonds. The lowest BCUT2D eigenvalue weighted by Crippen LogP contribution is -2.31. The van der Waals surface area contributed by atoms with Crippen molar-refractivity contribution in [3.8, 4) is 11.4 Å². The van der Waals surface area contributed by atoms with Crippen molar-refractivity contribution in [2.75, 3.05) is 7.11 Å². The number of nitrogens with one attached hydrogen (secondary N) is 1. The number of methoxy groups -OCH3 is 1. The number of rotatable bonds is 3. The lowest BCUT2D eigenvalue weighted by Gasteiger charge is -2.18. The summed E-state index contributed by atoms with van der Waals surface area (Å²) in [6.07, 6.45) is 1.72. The van der Waals surface area contributed by atoms with Gasteiger partial charge in [0.1, 0.15) is 16.9 Å². The van der Waals surface area contributed by atoms with E-state index in [9.17, 15) is 4.79 Å². The van der Waals surface area contributed by atoms with Crippen LogP contribution in [0.15, 0.2) is 24.4 Å². The minimum absolute atomic E-state index is 0.325. The zero-order valence-corrected chi connectivity index (χ0v) is 11.5. The fraction of sp³-hybridized carbons (Fsp3) is 0.357. The fourth-order valence-electron chi connectivity index (χ4n) is 1.86. The first-order valence-electron chi connectivity index (χ1n) is 6.03. The predicted molar refractivity (Wildman–Crippen MR) is 71.6 cm³/mol. The van der Waals surface area contributed by atoms with Gasteiger partial charge < -0.3 is 9.72 Å². The van der Waals surface area contributed by atoms with Gasteiger partial charge in [0, 0.05) is 11.9 Å². The summed E-state index contributed by atoms with van der Waals surface area (Å²) in [5.74, 6) is 0.256. The molecule has 0 aliphatic heterocycles. The smallest absolute Gasteiger partial charge is 0.318 e. The SMILES string of the molecule is COC(=O)C(C)(C)c1nc(-c2ccccn2)c(C)[nH]1. The van der Waals surface area contributed by atoms with E-state index in [0.717, 1.165) is 17.1 Å². The number of pyridine rings is 1. The Morgan fingerprint density at radius 2 is 2.11 bits per heavy atom. The summed E-state index contributed by atoms with van der Waals surface area (Å²) in [6.45, 7) is 5.46. The molecule has 0 aromatic carbocycles. The summed E-state index contributed by atoms with van der Waals surface area (Å²) in [4.78, 5) is 23.7. The van der Waals surface area contributed by atoms with Gasteiger partial charge in [-0.05, 0) is 32.9 Å². The van der Waals surface area contributed by atoms with Gasteiger partial charge in [0.25, 0.3) is 0 Å². The van der Waals surface area contributed by atoms with Gasteiger partial charge in [-0.2, -0.15) is 0 Å². The van der Waals surface area contributed by atoms with E-state index in [4.69, 9.17) is 4.74 Å². The predicted octanol–water partition coefficient (Wildman–Crippen LogP) is 2.23. The molecule has 0 aliphatic rings. The van der Waals surface area contributed by atoms with Gasteiger partial charge in [-0.15, -0.1) is 0 Å². The second kappa shape index (κ2) is 4.84. The van der Waals surface area contributed by atoms with Gasteiger partial charge in [0.05, 0.1) is 12.8 Å². The third kappa shape index (κ3) is 2.36. The van der Waals surface area contributed by atoms with Crippen molar-refractivity contribution in [2.45, 2.75) is 26.2 Å². The Hall–Kier alpha value is -2.17. The average molecular weight is 259 g/mol. The second-order valence-corrected chi connectivity index (χ2v) is 4.89. The molecule has 0 saturated heterocycles. The molecule has 5 nitrogen and oxygen atoms in total. The van der Waals surface area contributed by atoms with E-state index in [0.29, 0.717) is 5.82 Å². The quantitative estimate of drug-likeness (QED) is 0.858. The topological polar surface area (TPSA) is 67.9 Å².